The number of aromatic amines is 1. The molecule has 46 heavy (non-hydrogen) atoms. The van der Waals surface area contributed by atoms with E-state index in [2.05, 4.69) is 149 Å². The molecular formula is C42H24N2O2. The second kappa shape index (κ2) is 8.68. The zero-order chi connectivity index (χ0) is 29.9. The van der Waals surface area contributed by atoms with Gasteiger partial charge < -0.3 is 18.4 Å². The van der Waals surface area contributed by atoms with Crippen LogP contribution in [0.5, 0.6) is 0 Å². The van der Waals surface area contributed by atoms with E-state index in [1.807, 2.05) is 0 Å². The van der Waals surface area contributed by atoms with Crippen molar-refractivity contribution in [3.63, 3.8) is 0 Å². The molecule has 0 saturated heterocycles. The molecule has 4 heterocycles. The molecule has 0 fully saturated rings. The Morgan fingerprint density at radius 2 is 1.00 bits per heavy atom. The number of fused-ring (bicyclic) bond motifs is 12. The van der Waals surface area contributed by atoms with Gasteiger partial charge in [0.05, 0.1) is 16.7 Å². The normalized spacial score (nSPS) is 12.3. The van der Waals surface area contributed by atoms with E-state index in [0.29, 0.717) is 0 Å². The fraction of sp³-hybridized carbons (Fsp3) is 0. The van der Waals surface area contributed by atoms with E-state index in [9.17, 15) is 0 Å². The molecule has 0 amide bonds. The summed E-state index contributed by atoms with van der Waals surface area (Å²) < 4.78 is 15.8. The molecule has 0 atom stereocenters. The van der Waals surface area contributed by atoms with Gasteiger partial charge in [0.25, 0.3) is 0 Å². The fourth-order valence-electron chi connectivity index (χ4n) is 7.67. The van der Waals surface area contributed by atoms with Crippen LogP contribution in [0.3, 0.4) is 0 Å². The smallest absolute Gasteiger partial charge is 0.159 e. The highest BCUT2D eigenvalue weighted by Crippen LogP contribution is 2.42. The molecule has 4 nitrogen and oxygen atoms in total. The second-order valence-corrected chi connectivity index (χ2v) is 12.2. The van der Waals surface area contributed by atoms with Gasteiger partial charge in [-0.15, -0.1) is 0 Å². The number of aromatic nitrogens is 2. The van der Waals surface area contributed by atoms with E-state index in [4.69, 9.17) is 8.83 Å². The van der Waals surface area contributed by atoms with Crippen molar-refractivity contribution in [1.29, 1.82) is 0 Å². The van der Waals surface area contributed by atoms with E-state index in [1.165, 1.54) is 21.5 Å². The monoisotopic (exact) mass is 588 g/mol. The second-order valence-electron chi connectivity index (χ2n) is 12.2. The molecule has 0 aliphatic carbocycles. The number of nitrogens with one attached hydrogen (secondary N) is 1. The molecule has 11 aromatic rings. The van der Waals surface area contributed by atoms with Gasteiger partial charge in [0.15, 0.2) is 5.58 Å². The molecule has 0 bridgehead atoms. The fourth-order valence-corrected chi connectivity index (χ4v) is 7.67. The van der Waals surface area contributed by atoms with Crippen molar-refractivity contribution in [3.8, 4) is 16.8 Å². The largest absolute Gasteiger partial charge is 0.455 e. The maximum Gasteiger partial charge on any atom is 0.159 e. The first-order valence-corrected chi connectivity index (χ1v) is 15.6. The Balaban J connectivity index is 1.14. The minimum absolute atomic E-state index is 0.851. The topological polar surface area (TPSA) is 47.0 Å². The molecule has 0 unspecified atom stereocenters. The number of nitrogens with zero attached hydrogens (tertiary/aromatic N) is 1. The van der Waals surface area contributed by atoms with Crippen LogP contribution in [0.25, 0.3) is 104 Å². The number of rotatable bonds is 2. The number of para-hydroxylation sites is 5. The summed E-state index contributed by atoms with van der Waals surface area (Å²) in [5, 5.41) is 9.15. The van der Waals surface area contributed by atoms with Crippen LogP contribution in [0.2, 0.25) is 0 Å². The van der Waals surface area contributed by atoms with Crippen molar-refractivity contribution in [2.45, 2.75) is 0 Å². The molecular weight excluding hydrogens is 564 g/mol. The predicted molar refractivity (Wildman–Crippen MR) is 190 cm³/mol. The highest BCUT2D eigenvalue weighted by molar-refractivity contribution is 6.18. The van der Waals surface area contributed by atoms with Crippen LogP contribution < -0.4 is 0 Å². The lowest BCUT2D eigenvalue weighted by atomic mass is 10.00. The van der Waals surface area contributed by atoms with Crippen LogP contribution in [0.4, 0.5) is 0 Å². The number of hydrogen-bond acceptors (Lipinski definition) is 2. The first kappa shape index (κ1) is 24.1. The van der Waals surface area contributed by atoms with Crippen LogP contribution in [0.1, 0.15) is 0 Å². The zero-order valence-corrected chi connectivity index (χ0v) is 24.5. The van der Waals surface area contributed by atoms with E-state index >= 15 is 0 Å². The Morgan fingerprint density at radius 3 is 1.76 bits per heavy atom. The summed E-state index contributed by atoms with van der Waals surface area (Å²) in [5.41, 5.74) is 11.3. The average Bonchev–Trinajstić information content (AvgIpc) is 3.85. The van der Waals surface area contributed by atoms with Crippen LogP contribution in [0.15, 0.2) is 148 Å². The molecule has 4 heteroatoms. The SMILES string of the molecule is c1ccc2c(c1)[nH]c1ccc(-c3cccc4c3oc3cc5c(cc34)oc3c(-n4c6ccccc6c6ccccc64)cccc35)cc12. The van der Waals surface area contributed by atoms with Gasteiger partial charge in [-0.25, -0.2) is 0 Å². The van der Waals surface area contributed by atoms with Crippen molar-refractivity contribution in [3.05, 3.63) is 140 Å². The maximum absolute atomic E-state index is 6.76. The van der Waals surface area contributed by atoms with Crippen molar-refractivity contribution in [2.24, 2.45) is 0 Å². The first-order valence-electron chi connectivity index (χ1n) is 15.6. The van der Waals surface area contributed by atoms with Crippen molar-refractivity contribution in [1.82, 2.24) is 9.55 Å². The van der Waals surface area contributed by atoms with Crippen molar-refractivity contribution >= 4 is 87.5 Å². The van der Waals surface area contributed by atoms with E-state index < -0.39 is 0 Å². The molecule has 214 valence electrons. The lowest BCUT2D eigenvalue weighted by Gasteiger charge is -2.08. The summed E-state index contributed by atoms with van der Waals surface area (Å²) in [6, 6.07) is 49.4. The maximum atomic E-state index is 6.76. The molecule has 4 aromatic heterocycles. The molecule has 7 aromatic carbocycles. The number of H-pyrrole nitrogens is 1. The Kier molecular flexibility index (Phi) is 4.55. The molecule has 0 aliphatic heterocycles. The first-order chi connectivity index (χ1) is 22.8. The van der Waals surface area contributed by atoms with Gasteiger partial charge in [-0.05, 0) is 54.1 Å². The van der Waals surface area contributed by atoms with Crippen molar-refractivity contribution < 1.29 is 8.83 Å². The van der Waals surface area contributed by atoms with E-state index in [-0.39, 0.29) is 0 Å². The Morgan fingerprint density at radius 1 is 0.413 bits per heavy atom. The molecule has 0 aliphatic rings. The molecule has 0 radical (unpaired) electrons. The summed E-state index contributed by atoms with van der Waals surface area (Å²) in [7, 11) is 0. The van der Waals surface area contributed by atoms with Crippen LogP contribution in [-0.2, 0) is 0 Å². The predicted octanol–water partition coefficient (Wildman–Crippen LogP) is 11.9. The van der Waals surface area contributed by atoms with Gasteiger partial charge in [0.1, 0.15) is 16.7 Å². The molecule has 0 spiro atoms. The van der Waals surface area contributed by atoms with Gasteiger partial charge in [-0.2, -0.15) is 0 Å². The van der Waals surface area contributed by atoms with Gasteiger partial charge in [0.2, 0.25) is 0 Å². The third-order valence-corrected chi connectivity index (χ3v) is 9.73. The highest BCUT2D eigenvalue weighted by Gasteiger charge is 2.20. The summed E-state index contributed by atoms with van der Waals surface area (Å²) in [4.78, 5) is 3.54. The van der Waals surface area contributed by atoms with Crippen molar-refractivity contribution in [2.75, 3.05) is 0 Å². The Bertz CT molecular complexity index is 2990. The Hall–Kier alpha value is -6.26. The zero-order valence-electron chi connectivity index (χ0n) is 24.5. The van der Waals surface area contributed by atoms with Gasteiger partial charge in [-0.1, -0.05) is 91.0 Å². The third kappa shape index (κ3) is 3.12. The van der Waals surface area contributed by atoms with E-state index in [0.717, 1.165) is 82.8 Å². The summed E-state index contributed by atoms with van der Waals surface area (Å²) in [6.07, 6.45) is 0. The van der Waals surface area contributed by atoms with Gasteiger partial charge in [0, 0.05) is 59.7 Å². The Labute approximate surface area is 261 Å². The minimum Gasteiger partial charge on any atom is -0.455 e. The quantitative estimate of drug-likeness (QED) is 0.218. The summed E-state index contributed by atoms with van der Waals surface area (Å²) in [5.74, 6) is 0. The number of hydrogen-bond donors (Lipinski definition) is 1. The summed E-state index contributed by atoms with van der Waals surface area (Å²) >= 11 is 0. The molecule has 11 rings (SSSR count). The highest BCUT2D eigenvalue weighted by atomic mass is 16.3. The van der Waals surface area contributed by atoms with Crippen LogP contribution >= 0.6 is 0 Å². The standard InChI is InChI=1S/C42H24N2O2/c1-4-15-34-26(9-1)31-21-24(19-20-35(31)43-34)25-12-7-13-29-32-22-40-33(23-39(32)45-41(25)29)30-14-8-18-38(42(30)46-40)44-36-16-5-2-10-27(36)28-11-3-6-17-37(28)44/h1-23,43H. The average molecular weight is 589 g/mol. The minimum atomic E-state index is 0.851. The molecule has 0 saturated carbocycles. The summed E-state index contributed by atoms with van der Waals surface area (Å²) in [6.45, 7) is 0. The number of benzene rings is 7. The lowest BCUT2D eigenvalue weighted by Crippen LogP contribution is -1.93. The third-order valence-electron chi connectivity index (χ3n) is 9.73. The molecule has 1 N–H and O–H groups in total. The lowest BCUT2D eigenvalue weighted by molar-refractivity contribution is 0.663. The van der Waals surface area contributed by atoms with Gasteiger partial charge in [-0.3, -0.25) is 0 Å². The van der Waals surface area contributed by atoms with Gasteiger partial charge >= 0.3 is 0 Å². The number of furan rings is 2. The van der Waals surface area contributed by atoms with Crippen LogP contribution in [-0.4, -0.2) is 9.55 Å². The van der Waals surface area contributed by atoms with Crippen LogP contribution in [0, 0.1) is 0 Å². The van der Waals surface area contributed by atoms with E-state index in [1.54, 1.807) is 0 Å².